The van der Waals surface area contributed by atoms with Gasteiger partial charge in [0.1, 0.15) is 16.9 Å². The minimum absolute atomic E-state index is 0.223. The molecular weight excluding hydrogens is 232 g/mol. The van der Waals surface area contributed by atoms with Crippen LogP contribution in [-0.4, -0.2) is 16.2 Å². The van der Waals surface area contributed by atoms with Gasteiger partial charge in [-0.05, 0) is 31.4 Å². The van der Waals surface area contributed by atoms with Crippen molar-refractivity contribution in [1.82, 2.24) is 0 Å². The van der Waals surface area contributed by atoms with Crippen LogP contribution in [-0.2, 0) is 10.4 Å². The largest absolute Gasteiger partial charge is 0.481 e. The monoisotopic (exact) mass is 246 g/mol. The van der Waals surface area contributed by atoms with E-state index in [-0.39, 0.29) is 12.8 Å². The quantitative estimate of drug-likeness (QED) is 0.853. The first-order valence-electron chi connectivity index (χ1n) is 5.94. The summed E-state index contributed by atoms with van der Waals surface area (Å²) in [7, 11) is 0. The van der Waals surface area contributed by atoms with Gasteiger partial charge in [-0.25, -0.2) is 0 Å². The van der Waals surface area contributed by atoms with Crippen LogP contribution in [0.5, 0.6) is 0 Å². The van der Waals surface area contributed by atoms with Crippen molar-refractivity contribution in [3.05, 3.63) is 35.6 Å². The Morgan fingerprint density at radius 2 is 2.17 bits per heavy atom. The maximum absolute atomic E-state index is 10.8. The first-order chi connectivity index (χ1) is 8.49. The Morgan fingerprint density at radius 1 is 1.44 bits per heavy atom. The molecule has 1 aliphatic carbocycles. The highest BCUT2D eigenvalue weighted by molar-refractivity contribution is 5.81. The van der Waals surface area contributed by atoms with Crippen molar-refractivity contribution in [3.8, 4) is 0 Å². The van der Waals surface area contributed by atoms with Crippen molar-refractivity contribution in [2.45, 2.75) is 25.4 Å². The van der Waals surface area contributed by atoms with E-state index in [1.165, 1.54) is 0 Å². The highest BCUT2D eigenvalue weighted by Crippen LogP contribution is 2.47. The molecule has 94 valence electrons. The second-order valence-corrected chi connectivity index (χ2v) is 5.08. The number of aliphatic carboxylic acids is 1. The Balaban J connectivity index is 1.96. The van der Waals surface area contributed by atoms with E-state index in [1.807, 2.05) is 25.1 Å². The number of hydrogen-bond acceptors (Lipinski definition) is 3. The molecule has 1 fully saturated rings. The number of carbonyl (C=O) groups is 1. The molecule has 4 heteroatoms. The molecule has 0 aliphatic heterocycles. The third-order valence-corrected chi connectivity index (χ3v) is 3.72. The Kier molecular flexibility index (Phi) is 2.25. The minimum atomic E-state index is -1.12. The number of rotatable bonds is 2. The molecule has 1 aliphatic rings. The lowest BCUT2D eigenvalue weighted by Gasteiger charge is -2.39. The number of fused-ring (bicyclic) bond motifs is 1. The molecule has 0 saturated heterocycles. The van der Waals surface area contributed by atoms with Crippen LogP contribution >= 0.6 is 0 Å². The molecule has 18 heavy (non-hydrogen) atoms. The van der Waals surface area contributed by atoms with Crippen molar-refractivity contribution < 1.29 is 19.4 Å². The van der Waals surface area contributed by atoms with Crippen molar-refractivity contribution in [2.24, 2.45) is 5.92 Å². The van der Waals surface area contributed by atoms with Gasteiger partial charge in [0.25, 0.3) is 0 Å². The fraction of sp³-hybridized carbons (Fsp3) is 0.357. The molecule has 3 rings (SSSR count). The van der Waals surface area contributed by atoms with Gasteiger partial charge in [-0.1, -0.05) is 18.2 Å². The third kappa shape index (κ3) is 1.53. The standard InChI is InChI=1S/C14H14O4/c1-8-3-2-4-9-5-11(18-12(8)9)14(17)6-10(7-14)13(15)16/h2-5,10,17H,6-7H2,1H3,(H,15,16). The normalized spacial score (nSPS) is 27.1. The Labute approximate surface area is 104 Å². The molecule has 0 amide bonds. The van der Waals surface area contributed by atoms with Crippen molar-refractivity contribution in [3.63, 3.8) is 0 Å². The second kappa shape index (κ2) is 3.59. The molecule has 2 N–H and O–H groups in total. The summed E-state index contributed by atoms with van der Waals surface area (Å²) in [5.41, 5.74) is 0.658. The molecule has 0 spiro atoms. The van der Waals surface area contributed by atoms with Gasteiger partial charge in [0.2, 0.25) is 0 Å². The highest BCUT2D eigenvalue weighted by Gasteiger charge is 2.49. The molecule has 0 unspecified atom stereocenters. The molecule has 0 radical (unpaired) electrons. The van der Waals surface area contributed by atoms with E-state index in [9.17, 15) is 9.90 Å². The zero-order chi connectivity index (χ0) is 12.9. The van der Waals surface area contributed by atoms with Crippen molar-refractivity contribution >= 4 is 16.9 Å². The summed E-state index contributed by atoms with van der Waals surface area (Å²) in [6.45, 7) is 1.94. The summed E-state index contributed by atoms with van der Waals surface area (Å²) < 4.78 is 5.69. The summed E-state index contributed by atoms with van der Waals surface area (Å²) >= 11 is 0. The minimum Gasteiger partial charge on any atom is -0.481 e. The lowest BCUT2D eigenvalue weighted by atomic mass is 9.69. The molecule has 0 bridgehead atoms. The Bertz CT molecular complexity index is 620. The zero-order valence-corrected chi connectivity index (χ0v) is 10.0. The number of aryl methyl sites for hydroxylation is 1. The van der Waals surface area contributed by atoms with Gasteiger partial charge < -0.3 is 14.6 Å². The van der Waals surface area contributed by atoms with Gasteiger partial charge >= 0.3 is 5.97 Å². The molecule has 2 aromatic rings. The van der Waals surface area contributed by atoms with Gasteiger partial charge in [0.15, 0.2) is 0 Å². The molecule has 1 aromatic heterocycles. The van der Waals surface area contributed by atoms with E-state index < -0.39 is 17.5 Å². The molecule has 4 nitrogen and oxygen atoms in total. The van der Waals surface area contributed by atoms with Crippen molar-refractivity contribution in [1.29, 1.82) is 0 Å². The van der Waals surface area contributed by atoms with Gasteiger partial charge in [-0.3, -0.25) is 4.79 Å². The highest BCUT2D eigenvalue weighted by atomic mass is 16.4. The zero-order valence-electron chi connectivity index (χ0n) is 10.0. The molecule has 1 saturated carbocycles. The fourth-order valence-corrected chi connectivity index (χ4v) is 2.57. The topological polar surface area (TPSA) is 70.7 Å². The van der Waals surface area contributed by atoms with Crippen LogP contribution < -0.4 is 0 Å². The summed E-state index contributed by atoms with van der Waals surface area (Å²) in [6, 6.07) is 7.61. The van der Waals surface area contributed by atoms with E-state index in [1.54, 1.807) is 6.07 Å². The Hall–Kier alpha value is -1.81. The van der Waals surface area contributed by atoms with E-state index >= 15 is 0 Å². The predicted octanol–water partition coefficient (Wildman–Crippen LogP) is 2.42. The lowest BCUT2D eigenvalue weighted by Crippen LogP contribution is -2.44. The second-order valence-electron chi connectivity index (χ2n) is 5.08. The van der Waals surface area contributed by atoms with Crippen molar-refractivity contribution in [2.75, 3.05) is 0 Å². The van der Waals surface area contributed by atoms with Crippen LogP contribution in [0.1, 0.15) is 24.2 Å². The maximum atomic E-state index is 10.8. The van der Waals surface area contributed by atoms with Crippen LogP contribution in [0, 0.1) is 12.8 Å². The van der Waals surface area contributed by atoms with Gasteiger partial charge in [-0.15, -0.1) is 0 Å². The van der Waals surface area contributed by atoms with Crippen LogP contribution in [0.15, 0.2) is 28.7 Å². The maximum Gasteiger partial charge on any atom is 0.306 e. The number of para-hydroxylation sites is 1. The predicted molar refractivity (Wildman–Crippen MR) is 65.2 cm³/mol. The van der Waals surface area contributed by atoms with Gasteiger partial charge in [-0.2, -0.15) is 0 Å². The fourth-order valence-electron chi connectivity index (χ4n) is 2.57. The first kappa shape index (κ1) is 11.3. The average Bonchev–Trinajstić information content (AvgIpc) is 2.70. The number of carboxylic acids is 1. The molecule has 1 heterocycles. The number of aliphatic hydroxyl groups is 1. The molecular formula is C14H14O4. The lowest BCUT2D eigenvalue weighted by molar-refractivity contribution is -0.161. The Morgan fingerprint density at radius 3 is 2.78 bits per heavy atom. The third-order valence-electron chi connectivity index (χ3n) is 3.72. The van der Waals surface area contributed by atoms with Gasteiger partial charge in [0, 0.05) is 5.39 Å². The van der Waals surface area contributed by atoms with Crippen LogP contribution in [0.3, 0.4) is 0 Å². The molecule has 1 aromatic carbocycles. The van der Waals surface area contributed by atoms with E-state index in [4.69, 9.17) is 9.52 Å². The summed E-state index contributed by atoms with van der Waals surface area (Å²) in [6.07, 6.45) is 0.447. The van der Waals surface area contributed by atoms with Crippen LogP contribution in [0.25, 0.3) is 11.0 Å². The SMILES string of the molecule is Cc1cccc2cc(C3(O)CC(C(=O)O)C3)oc12. The number of benzene rings is 1. The summed E-state index contributed by atoms with van der Waals surface area (Å²) in [4.78, 5) is 10.8. The van der Waals surface area contributed by atoms with Crippen LogP contribution in [0.2, 0.25) is 0 Å². The number of carboxylic acid groups (broad SMARTS) is 1. The van der Waals surface area contributed by atoms with Crippen LogP contribution in [0.4, 0.5) is 0 Å². The molecule has 0 atom stereocenters. The number of hydrogen-bond donors (Lipinski definition) is 2. The van der Waals surface area contributed by atoms with E-state index in [2.05, 4.69) is 0 Å². The first-order valence-corrected chi connectivity index (χ1v) is 5.94. The average molecular weight is 246 g/mol. The van der Waals surface area contributed by atoms with Gasteiger partial charge in [0.05, 0.1) is 5.92 Å². The summed E-state index contributed by atoms with van der Waals surface area (Å²) in [5, 5.41) is 20.1. The van der Waals surface area contributed by atoms with E-state index in [0.29, 0.717) is 5.76 Å². The summed E-state index contributed by atoms with van der Waals surface area (Å²) in [5.74, 6) is -0.847. The number of furan rings is 1. The smallest absolute Gasteiger partial charge is 0.306 e. The van der Waals surface area contributed by atoms with E-state index in [0.717, 1.165) is 16.5 Å².